The lowest BCUT2D eigenvalue weighted by molar-refractivity contribution is -0.0704. The molecule has 0 amide bonds. The van der Waals surface area contributed by atoms with Crippen LogP contribution < -0.4 is 10.6 Å². The van der Waals surface area contributed by atoms with Gasteiger partial charge in [-0.1, -0.05) is 37.6 Å². The summed E-state index contributed by atoms with van der Waals surface area (Å²) in [7, 11) is 0. The summed E-state index contributed by atoms with van der Waals surface area (Å²) in [6, 6.07) is 8.85. The average Bonchev–Trinajstić information content (AvgIpc) is 2.60. The number of nitrogens with zero attached hydrogens (tertiary/aromatic N) is 2. The first kappa shape index (κ1) is 24.2. The number of unbranched alkanes of at least 4 members (excludes halogenated alkanes) is 1. The number of guanidine groups is 1. The van der Waals surface area contributed by atoms with E-state index in [1.807, 2.05) is 0 Å². The summed E-state index contributed by atoms with van der Waals surface area (Å²) in [4.78, 5) is 7.17. The normalized spacial score (nSPS) is 20.8. The average molecular weight is 488 g/mol. The van der Waals surface area contributed by atoms with Crippen LogP contribution in [0.3, 0.4) is 0 Å². The van der Waals surface area contributed by atoms with Gasteiger partial charge in [0.1, 0.15) is 0 Å². The molecule has 0 saturated carbocycles. The van der Waals surface area contributed by atoms with Gasteiger partial charge in [-0.25, -0.2) is 4.99 Å². The molecule has 1 aliphatic rings. The lowest BCUT2D eigenvalue weighted by Gasteiger charge is -2.35. The SMILES string of the molecule is CCCCNC(=NCc1ccc(CN2CC(C)OC(C)C2)cc1)NCC.I. The van der Waals surface area contributed by atoms with Crippen LogP contribution in [-0.4, -0.2) is 49.2 Å². The summed E-state index contributed by atoms with van der Waals surface area (Å²) in [5, 5.41) is 6.69. The fourth-order valence-electron chi connectivity index (χ4n) is 3.32. The van der Waals surface area contributed by atoms with Gasteiger partial charge in [0, 0.05) is 32.7 Å². The maximum Gasteiger partial charge on any atom is 0.191 e. The third kappa shape index (κ3) is 9.25. The number of rotatable bonds is 8. The molecular formula is C21H37IN4O. The van der Waals surface area contributed by atoms with E-state index >= 15 is 0 Å². The first-order valence-corrected chi connectivity index (χ1v) is 10.1. The van der Waals surface area contributed by atoms with E-state index < -0.39 is 0 Å². The third-order valence-electron chi connectivity index (χ3n) is 4.51. The van der Waals surface area contributed by atoms with Crippen LogP contribution in [0, 0.1) is 0 Å². The molecule has 0 spiro atoms. The first-order valence-electron chi connectivity index (χ1n) is 10.1. The molecule has 0 bridgehead atoms. The smallest absolute Gasteiger partial charge is 0.191 e. The fourth-order valence-corrected chi connectivity index (χ4v) is 3.32. The standard InChI is InChI=1S/C21H36N4O.HI/c1-5-7-12-23-21(22-6-2)24-13-19-8-10-20(11-9-19)16-25-14-17(3)26-18(4)15-25;/h8-11,17-18H,5-7,12-16H2,1-4H3,(H2,22,23,24);1H. The largest absolute Gasteiger partial charge is 0.373 e. The van der Waals surface area contributed by atoms with Crippen molar-refractivity contribution in [3.63, 3.8) is 0 Å². The highest BCUT2D eigenvalue weighted by atomic mass is 127. The second-order valence-electron chi connectivity index (χ2n) is 7.24. The van der Waals surface area contributed by atoms with Gasteiger partial charge >= 0.3 is 0 Å². The van der Waals surface area contributed by atoms with Crippen molar-refractivity contribution in [1.29, 1.82) is 0 Å². The Kier molecular flexibility index (Phi) is 11.9. The van der Waals surface area contributed by atoms with E-state index in [4.69, 9.17) is 4.74 Å². The van der Waals surface area contributed by atoms with Gasteiger partial charge in [0.05, 0.1) is 18.8 Å². The van der Waals surface area contributed by atoms with Crippen LogP contribution in [0.2, 0.25) is 0 Å². The van der Waals surface area contributed by atoms with Crippen molar-refractivity contribution in [2.45, 2.75) is 65.8 Å². The van der Waals surface area contributed by atoms with E-state index in [9.17, 15) is 0 Å². The highest BCUT2D eigenvalue weighted by Crippen LogP contribution is 2.15. The van der Waals surface area contributed by atoms with E-state index in [0.29, 0.717) is 18.8 Å². The summed E-state index contributed by atoms with van der Waals surface area (Å²) in [6.45, 7) is 14.2. The second kappa shape index (κ2) is 13.3. The van der Waals surface area contributed by atoms with Gasteiger partial charge in [0.2, 0.25) is 0 Å². The Labute approximate surface area is 182 Å². The topological polar surface area (TPSA) is 48.9 Å². The molecule has 6 heteroatoms. The molecule has 2 atom stereocenters. The maximum absolute atomic E-state index is 5.81. The van der Waals surface area contributed by atoms with Gasteiger partial charge in [0.25, 0.3) is 0 Å². The number of aliphatic imine (C=N–C) groups is 1. The van der Waals surface area contributed by atoms with Crippen molar-refractivity contribution >= 4 is 29.9 Å². The lowest BCUT2D eigenvalue weighted by Crippen LogP contribution is -2.44. The molecule has 154 valence electrons. The Morgan fingerprint density at radius 3 is 2.30 bits per heavy atom. The van der Waals surface area contributed by atoms with Gasteiger partial charge in [-0.05, 0) is 38.3 Å². The second-order valence-corrected chi connectivity index (χ2v) is 7.24. The fraction of sp³-hybridized carbons (Fsp3) is 0.667. The number of morpholine rings is 1. The van der Waals surface area contributed by atoms with E-state index in [0.717, 1.165) is 45.1 Å². The van der Waals surface area contributed by atoms with Crippen molar-refractivity contribution in [2.24, 2.45) is 4.99 Å². The Balaban J connectivity index is 0.00000364. The van der Waals surface area contributed by atoms with Crippen LogP contribution in [0.15, 0.2) is 29.3 Å². The van der Waals surface area contributed by atoms with Crippen LogP contribution in [0.5, 0.6) is 0 Å². The Morgan fingerprint density at radius 1 is 1.07 bits per heavy atom. The summed E-state index contributed by atoms with van der Waals surface area (Å²) in [6.07, 6.45) is 2.99. The highest BCUT2D eigenvalue weighted by Gasteiger charge is 2.21. The predicted octanol–water partition coefficient (Wildman–Crippen LogP) is 3.77. The first-order chi connectivity index (χ1) is 12.6. The molecule has 2 unspecified atom stereocenters. The third-order valence-corrected chi connectivity index (χ3v) is 4.51. The monoisotopic (exact) mass is 488 g/mol. The minimum absolute atomic E-state index is 0. The molecule has 5 nitrogen and oxygen atoms in total. The zero-order valence-corrected chi connectivity index (χ0v) is 19.7. The zero-order chi connectivity index (χ0) is 18.8. The highest BCUT2D eigenvalue weighted by molar-refractivity contribution is 14.0. The molecule has 2 rings (SSSR count). The summed E-state index contributed by atoms with van der Waals surface area (Å²) in [5.41, 5.74) is 2.59. The van der Waals surface area contributed by atoms with Gasteiger partial charge in [0.15, 0.2) is 5.96 Å². The molecule has 1 aromatic rings. The quantitative estimate of drug-likeness (QED) is 0.253. The van der Waals surface area contributed by atoms with Crippen LogP contribution in [0.25, 0.3) is 0 Å². The lowest BCUT2D eigenvalue weighted by atomic mass is 10.1. The summed E-state index contributed by atoms with van der Waals surface area (Å²) < 4.78 is 5.81. The number of nitrogens with one attached hydrogen (secondary N) is 2. The molecule has 1 saturated heterocycles. The van der Waals surface area contributed by atoms with Gasteiger partial charge < -0.3 is 15.4 Å². The molecule has 0 radical (unpaired) electrons. The van der Waals surface area contributed by atoms with Crippen LogP contribution in [-0.2, 0) is 17.8 Å². The Morgan fingerprint density at radius 2 is 1.70 bits per heavy atom. The molecule has 27 heavy (non-hydrogen) atoms. The number of halogens is 1. The molecule has 2 N–H and O–H groups in total. The summed E-state index contributed by atoms with van der Waals surface area (Å²) >= 11 is 0. The predicted molar refractivity (Wildman–Crippen MR) is 125 cm³/mol. The van der Waals surface area contributed by atoms with Crippen molar-refractivity contribution in [1.82, 2.24) is 15.5 Å². The zero-order valence-electron chi connectivity index (χ0n) is 17.3. The molecule has 1 aromatic carbocycles. The van der Waals surface area contributed by atoms with E-state index in [1.54, 1.807) is 0 Å². The number of benzene rings is 1. The van der Waals surface area contributed by atoms with Crippen molar-refractivity contribution in [3.8, 4) is 0 Å². The molecule has 1 aliphatic heterocycles. The Hall–Kier alpha value is -0.860. The molecule has 0 aliphatic carbocycles. The van der Waals surface area contributed by atoms with Gasteiger partial charge in [-0.3, -0.25) is 4.90 Å². The Bertz CT molecular complexity index is 540. The van der Waals surface area contributed by atoms with E-state index in [-0.39, 0.29) is 24.0 Å². The van der Waals surface area contributed by atoms with Crippen LogP contribution in [0.1, 0.15) is 51.7 Å². The van der Waals surface area contributed by atoms with E-state index in [2.05, 4.69) is 72.5 Å². The van der Waals surface area contributed by atoms with Crippen molar-refractivity contribution in [2.75, 3.05) is 26.2 Å². The minimum Gasteiger partial charge on any atom is -0.373 e. The molecule has 1 fully saturated rings. The van der Waals surface area contributed by atoms with E-state index in [1.165, 1.54) is 17.5 Å². The number of hydrogen-bond donors (Lipinski definition) is 2. The molecule has 0 aromatic heterocycles. The van der Waals surface area contributed by atoms with Crippen LogP contribution >= 0.6 is 24.0 Å². The van der Waals surface area contributed by atoms with Gasteiger partial charge in [-0.15, -0.1) is 24.0 Å². The number of hydrogen-bond acceptors (Lipinski definition) is 3. The number of ether oxygens (including phenoxy) is 1. The van der Waals surface area contributed by atoms with Gasteiger partial charge in [-0.2, -0.15) is 0 Å². The maximum atomic E-state index is 5.81. The molecule has 1 heterocycles. The van der Waals surface area contributed by atoms with Crippen molar-refractivity contribution < 1.29 is 4.74 Å². The summed E-state index contributed by atoms with van der Waals surface area (Å²) in [5.74, 6) is 0.904. The van der Waals surface area contributed by atoms with Crippen LogP contribution in [0.4, 0.5) is 0 Å². The molecular weight excluding hydrogens is 451 g/mol. The minimum atomic E-state index is 0. The van der Waals surface area contributed by atoms with Crippen molar-refractivity contribution in [3.05, 3.63) is 35.4 Å².